The number of rotatable bonds is 4. The molecular formula is C16H16ClF. The summed E-state index contributed by atoms with van der Waals surface area (Å²) in [5, 5.41) is 0.640. The Kier molecular flexibility index (Phi) is 4.38. The molecule has 0 radical (unpaired) electrons. The van der Waals surface area contributed by atoms with Gasteiger partial charge in [-0.3, -0.25) is 0 Å². The van der Waals surface area contributed by atoms with Crippen LogP contribution in [0.1, 0.15) is 23.6 Å². The second kappa shape index (κ2) is 6.01. The second-order valence-corrected chi connectivity index (χ2v) is 4.81. The topological polar surface area (TPSA) is 0 Å². The third kappa shape index (κ3) is 3.33. The average molecular weight is 263 g/mol. The summed E-state index contributed by atoms with van der Waals surface area (Å²) < 4.78 is 13.1. The molecule has 0 bridgehead atoms. The number of aryl methyl sites for hydroxylation is 3. The summed E-state index contributed by atoms with van der Waals surface area (Å²) in [6, 6.07) is 13.1. The lowest BCUT2D eigenvalue weighted by atomic mass is 10.0. The molecule has 2 aromatic rings. The number of benzene rings is 2. The zero-order valence-corrected chi connectivity index (χ0v) is 11.2. The van der Waals surface area contributed by atoms with Crippen molar-refractivity contribution in [2.24, 2.45) is 0 Å². The molecule has 2 rings (SSSR count). The highest BCUT2D eigenvalue weighted by atomic mass is 35.5. The van der Waals surface area contributed by atoms with Crippen LogP contribution < -0.4 is 0 Å². The van der Waals surface area contributed by atoms with Crippen molar-refractivity contribution in [1.29, 1.82) is 0 Å². The molecule has 0 aliphatic heterocycles. The lowest BCUT2D eigenvalue weighted by Crippen LogP contribution is -1.94. The minimum Gasteiger partial charge on any atom is -0.207 e. The SMILES string of the molecule is CCc1ccc(CCc2cc(F)ccc2Cl)cc1. The molecule has 0 saturated heterocycles. The molecule has 0 N–H and O–H groups in total. The minimum absolute atomic E-state index is 0.226. The lowest BCUT2D eigenvalue weighted by molar-refractivity contribution is 0.625. The van der Waals surface area contributed by atoms with Crippen LogP contribution in [0.2, 0.25) is 5.02 Å². The third-order valence-corrected chi connectivity index (χ3v) is 3.49. The van der Waals surface area contributed by atoms with Gasteiger partial charge in [0.2, 0.25) is 0 Å². The maximum absolute atomic E-state index is 13.1. The van der Waals surface area contributed by atoms with Gasteiger partial charge in [0.25, 0.3) is 0 Å². The van der Waals surface area contributed by atoms with E-state index in [1.807, 2.05) is 0 Å². The van der Waals surface area contributed by atoms with Gasteiger partial charge in [-0.2, -0.15) is 0 Å². The molecule has 0 spiro atoms. The van der Waals surface area contributed by atoms with Gasteiger partial charge in [-0.1, -0.05) is 42.8 Å². The van der Waals surface area contributed by atoms with Gasteiger partial charge in [0, 0.05) is 5.02 Å². The molecular weight excluding hydrogens is 247 g/mol. The summed E-state index contributed by atoms with van der Waals surface area (Å²) >= 11 is 6.04. The van der Waals surface area contributed by atoms with Crippen molar-refractivity contribution in [2.45, 2.75) is 26.2 Å². The lowest BCUT2D eigenvalue weighted by Gasteiger charge is -2.05. The quantitative estimate of drug-likeness (QED) is 0.741. The van der Waals surface area contributed by atoms with Crippen molar-refractivity contribution in [1.82, 2.24) is 0 Å². The molecule has 0 unspecified atom stereocenters. The van der Waals surface area contributed by atoms with Gasteiger partial charge >= 0.3 is 0 Å². The maximum atomic E-state index is 13.1. The Hall–Kier alpha value is -1.34. The van der Waals surface area contributed by atoms with Crippen LogP contribution in [0.4, 0.5) is 4.39 Å². The predicted molar refractivity (Wildman–Crippen MR) is 74.6 cm³/mol. The van der Waals surface area contributed by atoms with Gasteiger partial charge in [0.15, 0.2) is 0 Å². The van der Waals surface area contributed by atoms with Crippen LogP contribution in [0.5, 0.6) is 0 Å². The molecule has 0 amide bonds. The fraction of sp³-hybridized carbons (Fsp3) is 0.250. The Bertz CT molecular complexity index is 517. The van der Waals surface area contributed by atoms with Crippen molar-refractivity contribution in [3.8, 4) is 0 Å². The first-order valence-corrected chi connectivity index (χ1v) is 6.58. The Morgan fingerprint density at radius 3 is 2.28 bits per heavy atom. The summed E-state index contributed by atoms with van der Waals surface area (Å²) in [4.78, 5) is 0. The molecule has 0 saturated carbocycles. The summed E-state index contributed by atoms with van der Waals surface area (Å²) in [5.41, 5.74) is 3.46. The zero-order valence-electron chi connectivity index (χ0n) is 10.4. The van der Waals surface area contributed by atoms with Crippen LogP contribution in [-0.4, -0.2) is 0 Å². The molecule has 0 atom stereocenters. The standard InChI is InChI=1S/C16H16ClF/c1-2-12-3-5-13(6-4-12)7-8-14-11-15(18)9-10-16(14)17/h3-6,9-11H,2,7-8H2,1H3. The first-order valence-electron chi connectivity index (χ1n) is 6.21. The van der Waals surface area contributed by atoms with Crippen LogP contribution >= 0.6 is 11.6 Å². The van der Waals surface area contributed by atoms with Crippen molar-refractivity contribution in [3.63, 3.8) is 0 Å². The van der Waals surface area contributed by atoms with Crippen LogP contribution in [0.15, 0.2) is 42.5 Å². The van der Waals surface area contributed by atoms with E-state index in [4.69, 9.17) is 11.6 Å². The van der Waals surface area contributed by atoms with E-state index in [0.29, 0.717) is 5.02 Å². The summed E-state index contributed by atoms with van der Waals surface area (Å²) in [7, 11) is 0. The maximum Gasteiger partial charge on any atom is 0.123 e. The molecule has 18 heavy (non-hydrogen) atoms. The van der Waals surface area contributed by atoms with Gasteiger partial charge in [0.05, 0.1) is 0 Å². The summed E-state index contributed by atoms with van der Waals surface area (Å²) in [6.07, 6.45) is 2.70. The summed E-state index contributed by atoms with van der Waals surface area (Å²) in [5.74, 6) is -0.226. The third-order valence-electron chi connectivity index (χ3n) is 3.12. The Balaban J connectivity index is 2.04. The molecule has 0 aliphatic carbocycles. The van der Waals surface area contributed by atoms with E-state index in [1.165, 1.54) is 23.3 Å². The van der Waals surface area contributed by atoms with Crippen LogP contribution in [0.25, 0.3) is 0 Å². The minimum atomic E-state index is -0.226. The highest BCUT2D eigenvalue weighted by molar-refractivity contribution is 6.31. The van der Waals surface area contributed by atoms with Gasteiger partial charge < -0.3 is 0 Å². The van der Waals surface area contributed by atoms with Crippen LogP contribution in [-0.2, 0) is 19.3 Å². The fourth-order valence-electron chi connectivity index (χ4n) is 1.96. The molecule has 0 nitrogen and oxygen atoms in total. The van der Waals surface area contributed by atoms with Crippen molar-refractivity contribution < 1.29 is 4.39 Å². The molecule has 0 heterocycles. The number of halogens is 2. The van der Waals surface area contributed by atoms with E-state index in [0.717, 1.165) is 24.8 Å². The van der Waals surface area contributed by atoms with E-state index in [2.05, 4.69) is 31.2 Å². The Morgan fingerprint density at radius 1 is 0.944 bits per heavy atom. The first-order chi connectivity index (χ1) is 8.69. The van der Waals surface area contributed by atoms with E-state index in [9.17, 15) is 4.39 Å². The van der Waals surface area contributed by atoms with Gasteiger partial charge in [-0.15, -0.1) is 0 Å². The van der Waals surface area contributed by atoms with E-state index in [-0.39, 0.29) is 5.82 Å². The molecule has 0 aliphatic rings. The van der Waals surface area contributed by atoms with Gasteiger partial charge in [-0.05, 0) is 54.2 Å². The zero-order chi connectivity index (χ0) is 13.0. The van der Waals surface area contributed by atoms with Crippen LogP contribution in [0.3, 0.4) is 0 Å². The van der Waals surface area contributed by atoms with Crippen LogP contribution in [0, 0.1) is 5.82 Å². The number of hydrogen-bond acceptors (Lipinski definition) is 0. The molecule has 0 fully saturated rings. The largest absolute Gasteiger partial charge is 0.207 e. The van der Waals surface area contributed by atoms with Crippen molar-refractivity contribution in [2.75, 3.05) is 0 Å². The van der Waals surface area contributed by atoms with E-state index in [1.54, 1.807) is 6.07 Å². The predicted octanol–water partition coefficient (Wildman–Crippen LogP) is 4.83. The highest BCUT2D eigenvalue weighted by Crippen LogP contribution is 2.19. The Morgan fingerprint density at radius 2 is 1.61 bits per heavy atom. The van der Waals surface area contributed by atoms with E-state index < -0.39 is 0 Å². The summed E-state index contributed by atoms with van der Waals surface area (Å²) in [6.45, 7) is 2.14. The highest BCUT2D eigenvalue weighted by Gasteiger charge is 2.03. The monoisotopic (exact) mass is 262 g/mol. The molecule has 0 aromatic heterocycles. The van der Waals surface area contributed by atoms with Gasteiger partial charge in [0.1, 0.15) is 5.82 Å². The Labute approximate surface area is 112 Å². The fourth-order valence-corrected chi connectivity index (χ4v) is 2.17. The normalized spacial score (nSPS) is 10.6. The molecule has 2 heteroatoms. The van der Waals surface area contributed by atoms with Crippen molar-refractivity contribution >= 4 is 11.6 Å². The van der Waals surface area contributed by atoms with Crippen molar-refractivity contribution in [3.05, 3.63) is 70.0 Å². The average Bonchev–Trinajstić information content (AvgIpc) is 2.40. The number of hydrogen-bond donors (Lipinski definition) is 0. The van der Waals surface area contributed by atoms with Gasteiger partial charge in [-0.25, -0.2) is 4.39 Å². The molecule has 94 valence electrons. The first kappa shape index (κ1) is 13.1. The molecule has 2 aromatic carbocycles. The van der Waals surface area contributed by atoms with E-state index >= 15 is 0 Å². The smallest absolute Gasteiger partial charge is 0.123 e. The second-order valence-electron chi connectivity index (χ2n) is 4.41.